The van der Waals surface area contributed by atoms with E-state index < -0.39 is 8.75 Å². The average Bonchev–Trinajstić information content (AvgIpc) is 2.06. The number of hydrogen-bond acceptors (Lipinski definition) is 4. The molecular formula is C7H15NO3S. The van der Waals surface area contributed by atoms with Gasteiger partial charge in [0.05, 0.1) is 17.8 Å². The number of carbonyl (C=O) groups excluding carboxylic acids is 1. The van der Waals surface area contributed by atoms with Gasteiger partial charge in [0, 0.05) is 0 Å². The van der Waals surface area contributed by atoms with Gasteiger partial charge in [-0.25, -0.2) is 4.79 Å². The van der Waals surface area contributed by atoms with Crippen LogP contribution in [-0.2, 0) is 9.53 Å². The molecule has 0 aromatic carbocycles. The molecule has 1 aliphatic rings. The first kappa shape index (κ1) is 9.89. The van der Waals surface area contributed by atoms with E-state index in [0.29, 0.717) is 24.2 Å². The highest BCUT2D eigenvalue weighted by Crippen LogP contribution is 2.63. The molecule has 0 bridgehead atoms. The van der Waals surface area contributed by atoms with Crippen molar-refractivity contribution in [1.29, 1.82) is 0 Å². The van der Waals surface area contributed by atoms with E-state index in [1.165, 1.54) is 0 Å². The Labute approximate surface area is 71.6 Å². The van der Waals surface area contributed by atoms with Gasteiger partial charge in [0.15, 0.2) is 0 Å². The molecule has 12 heavy (non-hydrogen) atoms. The Morgan fingerprint density at radius 1 is 1.58 bits per heavy atom. The van der Waals surface area contributed by atoms with Gasteiger partial charge in [-0.05, 0) is 18.7 Å². The van der Waals surface area contributed by atoms with Crippen LogP contribution in [0.25, 0.3) is 0 Å². The van der Waals surface area contributed by atoms with Gasteiger partial charge in [0.25, 0.3) is 0 Å². The Bertz CT molecular complexity index is 238. The molecule has 72 valence electrons. The SMILES string of the molecule is NCCCS1(=C=O)(CO)COC1. The van der Waals surface area contributed by atoms with Crippen LogP contribution in [0.3, 0.4) is 0 Å². The van der Waals surface area contributed by atoms with Gasteiger partial charge in [0.2, 0.25) is 0 Å². The van der Waals surface area contributed by atoms with Crippen molar-refractivity contribution < 1.29 is 14.6 Å². The lowest BCUT2D eigenvalue weighted by molar-refractivity contribution is 0.186. The molecule has 0 spiro atoms. The summed E-state index contributed by atoms with van der Waals surface area (Å²) in [6.07, 6.45) is 0.765. The maximum atomic E-state index is 10.8. The Hall–Kier alpha value is -0.190. The van der Waals surface area contributed by atoms with E-state index in [1.54, 1.807) is 0 Å². The average molecular weight is 193 g/mol. The lowest BCUT2D eigenvalue weighted by Gasteiger charge is -2.50. The molecule has 1 fully saturated rings. The van der Waals surface area contributed by atoms with Crippen molar-refractivity contribution in [2.24, 2.45) is 5.73 Å². The van der Waals surface area contributed by atoms with Crippen molar-refractivity contribution in [3.8, 4) is 0 Å². The standard InChI is InChI=1S/C7H15NO3S/c8-2-1-3-12(4-9,5-10)6-11-7-12/h9H,1-4,6-8H2. The fraction of sp³-hybridized carbons (Fsp3) is 0.857. The third-order valence-corrected chi connectivity index (χ3v) is 6.32. The largest absolute Gasteiger partial charge is 0.387 e. The fourth-order valence-electron chi connectivity index (χ4n) is 1.24. The molecule has 1 heterocycles. The van der Waals surface area contributed by atoms with Gasteiger partial charge < -0.3 is 15.6 Å². The molecule has 0 unspecified atom stereocenters. The quantitative estimate of drug-likeness (QED) is 0.598. The van der Waals surface area contributed by atoms with Crippen LogP contribution in [0.5, 0.6) is 0 Å². The predicted octanol–water partition coefficient (Wildman–Crippen LogP) is -0.362. The summed E-state index contributed by atoms with van der Waals surface area (Å²) in [4.78, 5) is 10.8. The van der Waals surface area contributed by atoms with Crippen molar-refractivity contribution in [2.45, 2.75) is 6.42 Å². The van der Waals surface area contributed by atoms with E-state index >= 15 is 0 Å². The Morgan fingerprint density at radius 2 is 2.25 bits per heavy atom. The second kappa shape index (κ2) is 3.28. The van der Waals surface area contributed by atoms with E-state index in [2.05, 4.69) is 0 Å². The van der Waals surface area contributed by atoms with Gasteiger partial charge in [-0.15, -0.1) is 8.75 Å². The molecule has 0 radical (unpaired) electrons. The summed E-state index contributed by atoms with van der Waals surface area (Å²) in [6.45, 7) is 0.550. The maximum Gasteiger partial charge on any atom is 0.144 e. The smallest absolute Gasteiger partial charge is 0.144 e. The highest BCUT2D eigenvalue weighted by molar-refractivity contribution is 8.47. The van der Waals surface area contributed by atoms with Crippen LogP contribution in [0.1, 0.15) is 6.42 Å². The second-order valence-electron chi connectivity index (χ2n) is 3.30. The summed E-state index contributed by atoms with van der Waals surface area (Å²) in [7, 11) is -2.33. The minimum atomic E-state index is -2.33. The molecule has 4 nitrogen and oxygen atoms in total. The summed E-state index contributed by atoms with van der Waals surface area (Å²) in [5.74, 6) is 1.36. The van der Waals surface area contributed by atoms with Gasteiger partial charge in [-0.3, -0.25) is 0 Å². The molecule has 0 aromatic rings. The third kappa shape index (κ3) is 1.34. The number of aliphatic hydroxyl groups excluding tert-OH is 1. The molecule has 0 aliphatic carbocycles. The van der Waals surface area contributed by atoms with Crippen LogP contribution < -0.4 is 5.73 Å². The van der Waals surface area contributed by atoms with Crippen LogP contribution in [0.15, 0.2) is 0 Å². The first-order valence-electron chi connectivity index (χ1n) is 3.86. The van der Waals surface area contributed by atoms with E-state index in [9.17, 15) is 9.90 Å². The van der Waals surface area contributed by atoms with Gasteiger partial charge >= 0.3 is 0 Å². The van der Waals surface area contributed by atoms with Gasteiger partial charge in [-0.1, -0.05) is 0 Å². The Kier molecular flexibility index (Phi) is 2.70. The van der Waals surface area contributed by atoms with Crippen molar-refractivity contribution in [2.75, 3.05) is 30.1 Å². The molecule has 0 saturated carbocycles. The topological polar surface area (TPSA) is 72.6 Å². The molecule has 1 rings (SSSR count). The third-order valence-electron chi connectivity index (χ3n) is 2.24. The van der Waals surface area contributed by atoms with Crippen LogP contribution in [0.4, 0.5) is 0 Å². The van der Waals surface area contributed by atoms with Crippen molar-refractivity contribution in [3.05, 3.63) is 0 Å². The molecule has 5 heteroatoms. The molecule has 1 aliphatic heterocycles. The van der Waals surface area contributed by atoms with Crippen LogP contribution >= 0.6 is 8.75 Å². The number of rotatable bonds is 4. The number of nitrogens with two attached hydrogens (primary N) is 1. The van der Waals surface area contributed by atoms with E-state index in [0.717, 1.165) is 6.42 Å². The molecule has 0 amide bonds. The van der Waals surface area contributed by atoms with Crippen molar-refractivity contribution >= 4 is 14.0 Å². The molecule has 0 aromatic heterocycles. The molecule has 0 atom stereocenters. The highest BCUT2D eigenvalue weighted by atomic mass is 32.3. The van der Waals surface area contributed by atoms with Crippen LogP contribution in [0.2, 0.25) is 0 Å². The lowest BCUT2D eigenvalue weighted by atomic mass is 10.5. The second-order valence-corrected chi connectivity index (χ2v) is 8.21. The summed E-state index contributed by atoms with van der Waals surface area (Å²) in [6, 6.07) is 0. The molecule has 1 saturated heterocycles. The minimum Gasteiger partial charge on any atom is -0.387 e. The highest BCUT2D eigenvalue weighted by Gasteiger charge is 2.41. The summed E-state index contributed by atoms with van der Waals surface area (Å²) < 4.78 is 5.01. The monoisotopic (exact) mass is 193 g/mol. The zero-order chi connectivity index (χ0) is 9.10. The molecule has 3 N–H and O–H groups in total. The van der Waals surface area contributed by atoms with E-state index in [1.807, 2.05) is 5.23 Å². The Balaban J connectivity index is 2.80. The Morgan fingerprint density at radius 3 is 2.50 bits per heavy atom. The lowest BCUT2D eigenvalue weighted by Crippen LogP contribution is -2.37. The van der Waals surface area contributed by atoms with Crippen LogP contribution in [0, 0.1) is 0 Å². The van der Waals surface area contributed by atoms with E-state index in [4.69, 9.17) is 10.5 Å². The summed E-state index contributed by atoms with van der Waals surface area (Å²) in [5.41, 5.74) is 5.35. The van der Waals surface area contributed by atoms with Crippen molar-refractivity contribution in [1.82, 2.24) is 0 Å². The molecular weight excluding hydrogens is 178 g/mol. The fourth-order valence-corrected chi connectivity index (χ4v) is 3.71. The van der Waals surface area contributed by atoms with Crippen LogP contribution in [-0.4, -0.2) is 40.5 Å². The van der Waals surface area contributed by atoms with Gasteiger partial charge in [-0.2, -0.15) is 0 Å². The maximum absolute atomic E-state index is 10.8. The zero-order valence-corrected chi connectivity index (χ0v) is 7.81. The number of ether oxygens (including phenoxy) is 1. The minimum absolute atomic E-state index is 0.0826. The van der Waals surface area contributed by atoms with Crippen molar-refractivity contribution in [3.63, 3.8) is 0 Å². The van der Waals surface area contributed by atoms with Gasteiger partial charge in [0.1, 0.15) is 5.23 Å². The summed E-state index contributed by atoms with van der Waals surface area (Å²) >= 11 is 0. The first-order valence-corrected chi connectivity index (χ1v) is 6.58. The zero-order valence-electron chi connectivity index (χ0n) is 6.99. The first-order chi connectivity index (χ1) is 5.70. The predicted molar refractivity (Wildman–Crippen MR) is 49.7 cm³/mol. The number of aliphatic hydroxyl groups is 1. The normalized spacial score (nSPS) is 27.7. The summed E-state index contributed by atoms with van der Waals surface area (Å²) in [5, 5.41) is 11.2. The van der Waals surface area contributed by atoms with E-state index in [-0.39, 0.29) is 5.94 Å². The number of hydrogen-bond donors (Lipinski definition) is 2.